The van der Waals surface area contributed by atoms with E-state index in [-0.39, 0.29) is 44.2 Å². The van der Waals surface area contributed by atoms with Crippen LogP contribution in [0.3, 0.4) is 0 Å². The van der Waals surface area contributed by atoms with E-state index >= 15 is 0 Å². The number of hydrogen-bond donors (Lipinski definition) is 2. The Morgan fingerprint density at radius 3 is 1.80 bits per heavy atom. The van der Waals surface area contributed by atoms with Gasteiger partial charge in [0.1, 0.15) is 0 Å². The normalized spacial score (nSPS) is 10.9. The van der Waals surface area contributed by atoms with Crippen LogP contribution in [0.15, 0.2) is 0 Å². The molecule has 0 amide bonds. The number of carboxylic acid groups (broad SMARTS) is 2. The number of hydrogen-bond acceptors (Lipinski definition) is 2. The molecule has 0 rings (SSSR count). The molecule has 4 nitrogen and oxygen atoms in total. The quantitative estimate of drug-likeness (QED) is 0.541. The van der Waals surface area contributed by atoms with Crippen LogP contribution in [-0.4, -0.2) is 59.9 Å². The van der Waals surface area contributed by atoms with Crippen LogP contribution >= 0.6 is 0 Å². The summed E-state index contributed by atoms with van der Waals surface area (Å²) in [4.78, 5) is 22.1. The van der Waals surface area contributed by atoms with Gasteiger partial charge in [-0.05, 0) is 12.3 Å². The summed E-state index contributed by atoms with van der Waals surface area (Å²) in [5.41, 5.74) is -1.62. The summed E-state index contributed by atoms with van der Waals surface area (Å²) in [6, 6.07) is 0. The molecule has 0 aromatic rings. The first-order valence-corrected chi connectivity index (χ1v) is 4.86. The summed E-state index contributed by atoms with van der Waals surface area (Å²) in [7, 11) is 0. The molecule has 0 aliphatic carbocycles. The first-order valence-electron chi connectivity index (χ1n) is 4.86. The van der Waals surface area contributed by atoms with Gasteiger partial charge in [0.2, 0.25) is 0 Å². The van der Waals surface area contributed by atoms with E-state index in [1.54, 1.807) is 13.8 Å². The molecule has 0 aliphatic rings. The molecule has 0 aliphatic heterocycles. The van der Waals surface area contributed by atoms with Gasteiger partial charge in [0, 0.05) is 0 Å². The van der Waals surface area contributed by atoms with Crippen LogP contribution in [0.25, 0.3) is 0 Å². The van der Waals surface area contributed by atoms with Crippen molar-refractivity contribution in [2.45, 2.75) is 40.0 Å². The second kappa shape index (κ2) is 7.47. The van der Waals surface area contributed by atoms with Gasteiger partial charge in [0.05, 0.1) is 0 Å². The van der Waals surface area contributed by atoms with E-state index in [2.05, 4.69) is 0 Å². The van der Waals surface area contributed by atoms with Crippen LogP contribution in [-0.2, 0) is 9.59 Å². The summed E-state index contributed by atoms with van der Waals surface area (Å²) in [6.07, 6.45) is 1.62. The molecule has 0 bridgehead atoms. The van der Waals surface area contributed by atoms with Gasteiger partial charge in [-0.25, -0.2) is 0 Å². The summed E-state index contributed by atoms with van der Waals surface area (Å²) in [5.74, 6) is -2.86. The third kappa shape index (κ3) is 3.93. The molecule has 2 N–H and O–H groups in total. The van der Waals surface area contributed by atoms with E-state index in [4.69, 9.17) is 10.2 Å². The second-order valence-electron chi connectivity index (χ2n) is 3.84. The van der Waals surface area contributed by atoms with E-state index in [1.165, 1.54) is 0 Å². The fourth-order valence-electron chi connectivity index (χ4n) is 1.54. The fraction of sp³-hybridized carbons (Fsp3) is 0.800. The number of rotatable bonds is 6. The number of aliphatic carboxylic acids is 2. The Hall–Kier alpha value is 0.200. The molecule has 0 aromatic heterocycles. The Balaban J connectivity index is 0. The Bertz CT molecular complexity index is 211. The first kappa shape index (κ1) is 17.6. The van der Waals surface area contributed by atoms with Crippen molar-refractivity contribution >= 4 is 49.7 Å². The van der Waals surface area contributed by atoms with Crippen molar-refractivity contribution in [3.8, 4) is 0 Å². The van der Waals surface area contributed by atoms with E-state index in [0.29, 0.717) is 6.42 Å². The van der Waals surface area contributed by atoms with Gasteiger partial charge < -0.3 is 10.2 Å². The first-order chi connectivity index (χ1) is 6.39. The SMILES string of the molecule is CCCCC(C(=O)O)(C(=O)O)C(C)C.[CaH2]. The second-order valence-corrected chi connectivity index (χ2v) is 3.84. The molecular weight excluding hydrogens is 224 g/mol. The van der Waals surface area contributed by atoms with Crippen molar-refractivity contribution < 1.29 is 19.8 Å². The summed E-state index contributed by atoms with van der Waals surface area (Å²) < 4.78 is 0. The van der Waals surface area contributed by atoms with Gasteiger partial charge in [-0.15, -0.1) is 0 Å². The Labute approximate surface area is 120 Å². The molecule has 15 heavy (non-hydrogen) atoms. The summed E-state index contributed by atoms with van der Waals surface area (Å²) in [5, 5.41) is 18.0. The zero-order valence-corrected chi connectivity index (χ0v) is 8.91. The van der Waals surface area contributed by atoms with Crippen LogP contribution in [0.5, 0.6) is 0 Å². The van der Waals surface area contributed by atoms with Crippen LogP contribution < -0.4 is 0 Å². The zero-order chi connectivity index (χ0) is 11.4. The van der Waals surface area contributed by atoms with Gasteiger partial charge in [0.15, 0.2) is 5.41 Å². The van der Waals surface area contributed by atoms with Gasteiger partial charge in [-0.2, -0.15) is 0 Å². The van der Waals surface area contributed by atoms with Gasteiger partial charge in [-0.1, -0.05) is 33.6 Å². The van der Waals surface area contributed by atoms with Crippen molar-refractivity contribution in [1.29, 1.82) is 0 Å². The standard InChI is InChI=1S/C10H18O4.Ca.2H/c1-4-5-6-10(7(2)3,8(11)12)9(13)14;;;/h7H,4-6H2,1-3H3,(H,11,12)(H,13,14);;;. The summed E-state index contributed by atoms with van der Waals surface area (Å²) in [6.45, 7) is 5.19. The van der Waals surface area contributed by atoms with Crippen molar-refractivity contribution in [3.63, 3.8) is 0 Å². The molecule has 0 fully saturated rings. The van der Waals surface area contributed by atoms with Crippen LogP contribution in [0.4, 0.5) is 0 Å². The van der Waals surface area contributed by atoms with Crippen molar-refractivity contribution in [3.05, 3.63) is 0 Å². The molecule has 0 unspecified atom stereocenters. The topological polar surface area (TPSA) is 74.6 Å². The van der Waals surface area contributed by atoms with Crippen molar-refractivity contribution in [1.82, 2.24) is 0 Å². The molecule has 86 valence electrons. The van der Waals surface area contributed by atoms with E-state index in [9.17, 15) is 9.59 Å². The molecular formula is C10H20CaO4. The minimum absolute atomic E-state index is 0. The van der Waals surface area contributed by atoms with E-state index in [0.717, 1.165) is 6.42 Å². The van der Waals surface area contributed by atoms with Crippen LogP contribution in [0, 0.1) is 11.3 Å². The Kier molecular flexibility index (Phi) is 8.76. The molecule has 0 heterocycles. The van der Waals surface area contributed by atoms with Gasteiger partial charge >= 0.3 is 49.7 Å². The maximum atomic E-state index is 11.0. The fourth-order valence-corrected chi connectivity index (χ4v) is 1.54. The Morgan fingerprint density at radius 2 is 1.60 bits per heavy atom. The Morgan fingerprint density at radius 1 is 1.20 bits per heavy atom. The third-order valence-electron chi connectivity index (χ3n) is 2.67. The molecule has 0 saturated heterocycles. The molecule has 0 radical (unpaired) electrons. The van der Waals surface area contributed by atoms with Crippen molar-refractivity contribution in [2.75, 3.05) is 0 Å². The van der Waals surface area contributed by atoms with Crippen LogP contribution in [0.2, 0.25) is 0 Å². The van der Waals surface area contributed by atoms with Crippen molar-refractivity contribution in [2.24, 2.45) is 11.3 Å². The predicted octanol–water partition coefficient (Wildman–Crippen LogP) is 1.07. The monoisotopic (exact) mass is 244 g/mol. The number of carbonyl (C=O) groups is 2. The maximum absolute atomic E-state index is 11.0. The van der Waals surface area contributed by atoms with E-state index in [1.807, 2.05) is 6.92 Å². The predicted molar refractivity (Wildman–Crippen MR) is 60.6 cm³/mol. The van der Waals surface area contributed by atoms with Gasteiger partial charge in [-0.3, -0.25) is 9.59 Å². The average Bonchev–Trinajstić information content (AvgIpc) is 2.03. The van der Waals surface area contributed by atoms with Gasteiger partial charge in [0.25, 0.3) is 0 Å². The number of unbranched alkanes of at least 4 members (excludes halogenated alkanes) is 1. The van der Waals surface area contributed by atoms with Crippen LogP contribution in [0.1, 0.15) is 40.0 Å². The molecule has 5 heteroatoms. The minimum atomic E-state index is -1.62. The molecule has 0 spiro atoms. The summed E-state index contributed by atoms with van der Waals surface area (Å²) >= 11 is 0. The molecule has 0 saturated carbocycles. The van der Waals surface area contributed by atoms with E-state index < -0.39 is 23.3 Å². The molecule has 0 aromatic carbocycles. The number of carboxylic acids is 2. The molecule has 0 atom stereocenters. The average molecular weight is 244 g/mol. The third-order valence-corrected chi connectivity index (χ3v) is 2.67. The zero-order valence-electron chi connectivity index (χ0n) is 8.91.